The molecule has 4 heterocycles. The minimum Gasteiger partial charge on any atom is -0.497 e. The van der Waals surface area contributed by atoms with Gasteiger partial charge in [-0.05, 0) is 28.8 Å². The van der Waals surface area contributed by atoms with Crippen LogP contribution in [0.1, 0.15) is 22.9 Å². The van der Waals surface area contributed by atoms with Crippen molar-refractivity contribution in [3.05, 3.63) is 114 Å². The molecule has 11 nitrogen and oxygen atoms in total. The van der Waals surface area contributed by atoms with E-state index in [2.05, 4.69) is 20.3 Å². The van der Waals surface area contributed by atoms with E-state index in [1.54, 1.807) is 7.11 Å². The summed E-state index contributed by atoms with van der Waals surface area (Å²) in [6.07, 6.45) is -10.4. The minimum atomic E-state index is -4.96. The highest BCUT2D eigenvalue weighted by atomic mass is 19.4. The number of rotatable bonds is 9. The molecule has 0 bridgehead atoms. The normalized spacial score (nSPS) is 23.5. The number of methoxy groups -OCH3 is 2. The SMILES string of the molecule is COc1ccc(C(Nc2ncnc3c2ncn3[C@@H]2O[C@H]([C@@H](O)C(F)(F)F)[C@H]3OC(OC)O[C@H]32)(c2ccccc2)c2ccccc2)cc1. The van der Waals surface area contributed by atoms with Crippen LogP contribution in [0.15, 0.2) is 97.6 Å². The number of aromatic nitrogens is 4. The first-order valence-corrected chi connectivity index (χ1v) is 14.7. The van der Waals surface area contributed by atoms with E-state index in [0.29, 0.717) is 17.1 Å². The minimum absolute atomic E-state index is 0.252. The number of benzene rings is 3. The summed E-state index contributed by atoms with van der Waals surface area (Å²) < 4.78 is 69.9. The number of halogens is 3. The van der Waals surface area contributed by atoms with Crippen LogP contribution in [0.2, 0.25) is 0 Å². The lowest BCUT2D eigenvalue weighted by molar-refractivity contribution is -0.282. The van der Waals surface area contributed by atoms with E-state index < -0.39 is 48.8 Å². The molecule has 47 heavy (non-hydrogen) atoms. The molecule has 0 radical (unpaired) electrons. The number of aliphatic hydroxyl groups excluding tert-OH is 1. The van der Waals surface area contributed by atoms with Crippen molar-refractivity contribution in [1.82, 2.24) is 19.5 Å². The molecule has 2 fully saturated rings. The van der Waals surface area contributed by atoms with Crippen LogP contribution in [-0.2, 0) is 24.5 Å². The summed E-state index contributed by atoms with van der Waals surface area (Å²) in [6.45, 7) is -1.25. The molecule has 0 saturated carbocycles. The maximum atomic E-state index is 13.6. The van der Waals surface area contributed by atoms with Crippen LogP contribution >= 0.6 is 0 Å². The number of nitrogens with zero attached hydrogens (tertiary/aromatic N) is 4. The largest absolute Gasteiger partial charge is 0.497 e. The zero-order valence-electron chi connectivity index (χ0n) is 25.1. The molecule has 7 rings (SSSR count). The third-order valence-corrected chi connectivity index (χ3v) is 8.48. The first-order valence-electron chi connectivity index (χ1n) is 14.7. The lowest BCUT2D eigenvalue weighted by Crippen LogP contribution is -2.46. The quantitative estimate of drug-likeness (QED) is 0.216. The second-order valence-electron chi connectivity index (χ2n) is 11.1. The van der Waals surface area contributed by atoms with E-state index in [0.717, 1.165) is 16.7 Å². The number of anilines is 1. The number of alkyl halides is 3. The van der Waals surface area contributed by atoms with Gasteiger partial charge >= 0.3 is 6.18 Å². The Morgan fingerprint density at radius 1 is 0.809 bits per heavy atom. The Bertz CT molecular complexity index is 1790. The molecule has 2 N–H and O–H groups in total. The summed E-state index contributed by atoms with van der Waals surface area (Å²) in [5.74, 6) is 1.03. The Hall–Kier alpha value is -4.60. The van der Waals surface area contributed by atoms with Gasteiger partial charge in [0.2, 0.25) is 0 Å². The summed E-state index contributed by atoms with van der Waals surface area (Å²) in [4.78, 5) is 13.6. The second kappa shape index (κ2) is 12.2. The molecule has 5 aromatic rings. The lowest BCUT2D eigenvalue weighted by Gasteiger charge is -2.37. The fraction of sp³-hybridized carbons (Fsp3) is 0.303. The summed E-state index contributed by atoms with van der Waals surface area (Å²) >= 11 is 0. The van der Waals surface area contributed by atoms with Gasteiger partial charge in [-0.2, -0.15) is 13.2 Å². The van der Waals surface area contributed by atoms with E-state index in [1.807, 2.05) is 84.9 Å². The van der Waals surface area contributed by atoms with Gasteiger partial charge in [-0.15, -0.1) is 0 Å². The number of nitrogens with one attached hydrogen (secondary N) is 1. The van der Waals surface area contributed by atoms with Crippen molar-refractivity contribution in [2.45, 2.75) is 48.8 Å². The Kier molecular flexibility index (Phi) is 8.06. The molecule has 244 valence electrons. The van der Waals surface area contributed by atoms with Crippen molar-refractivity contribution in [3.8, 4) is 5.75 Å². The predicted octanol–water partition coefficient (Wildman–Crippen LogP) is 4.77. The summed E-state index contributed by atoms with van der Waals surface area (Å²) in [6, 6.07) is 27.3. The van der Waals surface area contributed by atoms with Crippen LogP contribution in [0.25, 0.3) is 11.2 Å². The van der Waals surface area contributed by atoms with Crippen molar-refractivity contribution in [2.75, 3.05) is 19.5 Å². The number of hydrogen-bond acceptors (Lipinski definition) is 10. The van der Waals surface area contributed by atoms with Gasteiger partial charge in [0.15, 0.2) is 29.3 Å². The molecular weight excluding hydrogens is 619 g/mol. The van der Waals surface area contributed by atoms with E-state index in [-0.39, 0.29) is 5.65 Å². The van der Waals surface area contributed by atoms with Gasteiger partial charge < -0.3 is 34.1 Å². The summed E-state index contributed by atoms with van der Waals surface area (Å²) in [5.41, 5.74) is 2.24. The molecule has 2 saturated heterocycles. The fourth-order valence-corrected chi connectivity index (χ4v) is 6.27. The zero-order chi connectivity index (χ0) is 32.8. The summed E-state index contributed by atoms with van der Waals surface area (Å²) in [7, 11) is 2.90. The van der Waals surface area contributed by atoms with Crippen LogP contribution < -0.4 is 10.1 Å². The molecular formula is C33H30F3N5O6. The van der Waals surface area contributed by atoms with Crippen molar-refractivity contribution in [2.24, 2.45) is 0 Å². The van der Waals surface area contributed by atoms with Gasteiger partial charge in [-0.25, -0.2) is 15.0 Å². The van der Waals surface area contributed by atoms with Crippen molar-refractivity contribution in [3.63, 3.8) is 0 Å². The number of ether oxygens (including phenoxy) is 5. The fourth-order valence-electron chi connectivity index (χ4n) is 6.27. The maximum Gasteiger partial charge on any atom is 0.417 e. The first kappa shape index (κ1) is 31.0. The Morgan fingerprint density at radius 2 is 1.43 bits per heavy atom. The van der Waals surface area contributed by atoms with Crippen LogP contribution in [0.3, 0.4) is 0 Å². The number of fused-ring (bicyclic) bond motifs is 2. The molecule has 0 aliphatic carbocycles. The maximum absolute atomic E-state index is 13.6. The van der Waals surface area contributed by atoms with Gasteiger partial charge in [-0.3, -0.25) is 4.57 Å². The van der Waals surface area contributed by atoms with Crippen LogP contribution in [0, 0.1) is 0 Å². The van der Waals surface area contributed by atoms with Gasteiger partial charge in [0.05, 0.1) is 13.4 Å². The second-order valence-corrected chi connectivity index (χ2v) is 11.1. The smallest absolute Gasteiger partial charge is 0.417 e. The van der Waals surface area contributed by atoms with Gasteiger partial charge in [0.1, 0.15) is 35.9 Å². The molecule has 3 aromatic carbocycles. The molecule has 6 atom stereocenters. The van der Waals surface area contributed by atoms with Crippen molar-refractivity contribution < 1.29 is 42.0 Å². The lowest BCUT2D eigenvalue weighted by atomic mass is 9.77. The van der Waals surface area contributed by atoms with Crippen molar-refractivity contribution in [1.29, 1.82) is 0 Å². The molecule has 0 spiro atoms. The van der Waals surface area contributed by atoms with E-state index in [9.17, 15) is 18.3 Å². The highest BCUT2D eigenvalue weighted by Gasteiger charge is 2.60. The third-order valence-electron chi connectivity index (χ3n) is 8.48. The van der Waals surface area contributed by atoms with Crippen LogP contribution in [0.4, 0.5) is 19.0 Å². The molecule has 2 aliphatic heterocycles. The Balaban J connectivity index is 1.34. The number of imidazole rings is 1. The first-order chi connectivity index (χ1) is 22.7. The monoisotopic (exact) mass is 649 g/mol. The highest BCUT2D eigenvalue weighted by Crippen LogP contribution is 2.45. The van der Waals surface area contributed by atoms with Gasteiger partial charge in [0, 0.05) is 7.11 Å². The predicted molar refractivity (Wildman–Crippen MR) is 161 cm³/mol. The summed E-state index contributed by atoms with van der Waals surface area (Å²) in [5, 5.41) is 13.8. The number of aliphatic hydroxyl groups is 1. The Morgan fingerprint density at radius 3 is 2.02 bits per heavy atom. The van der Waals surface area contributed by atoms with E-state index in [1.165, 1.54) is 24.3 Å². The van der Waals surface area contributed by atoms with Gasteiger partial charge in [0.25, 0.3) is 6.48 Å². The third kappa shape index (κ3) is 5.37. The molecule has 2 aromatic heterocycles. The molecule has 0 amide bonds. The number of hydrogen-bond donors (Lipinski definition) is 2. The van der Waals surface area contributed by atoms with E-state index in [4.69, 9.17) is 23.7 Å². The average molecular weight is 650 g/mol. The standard InChI is InChI=1S/C33H30F3N5O6/c1-43-22-15-13-21(14-16-22)32(19-9-5-3-6-10-19,20-11-7-4-8-12-20)40-28-23-29(38-17-37-28)41(18-39-23)30-26-24(46-31(44-2)47-26)25(45-30)27(42)33(34,35)36/h3-18,24-27,30-31,42H,1-2H3,(H,37,38,40)/t24-,25+,26-,27-,30-,31?/m1/s1. The molecule has 2 aliphatic rings. The van der Waals surface area contributed by atoms with Crippen LogP contribution in [-0.4, -0.2) is 75.9 Å². The molecule has 14 heteroatoms. The highest BCUT2D eigenvalue weighted by molar-refractivity contribution is 5.84. The Labute approximate surface area is 266 Å². The van der Waals surface area contributed by atoms with Gasteiger partial charge in [-0.1, -0.05) is 72.8 Å². The topological polar surface area (TPSA) is 122 Å². The average Bonchev–Trinajstić information content (AvgIpc) is 3.81. The van der Waals surface area contributed by atoms with E-state index >= 15 is 0 Å². The molecule has 1 unspecified atom stereocenters. The van der Waals surface area contributed by atoms with Crippen molar-refractivity contribution >= 4 is 17.0 Å². The van der Waals surface area contributed by atoms with Crippen LogP contribution in [0.5, 0.6) is 5.75 Å². The zero-order valence-corrected chi connectivity index (χ0v) is 25.1.